The summed E-state index contributed by atoms with van der Waals surface area (Å²) in [5.41, 5.74) is 6.27. The van der Waals surface area contributed by atoms with Crippen LogP contribution in [0.1, 0.15) is 39.2 Å². The maximum atomic E-state index is 12.6. The van der Waals surface area contributed by atoms with Crippen molar-refractivity contribution in [1.82, 2.24) is 5.32 Å². The fourth-order valence-electron chi connectivity index (χ4n) is 2.39. The van der Waals surface area contributed by atoms with E-state index in [1.54, 1.807) is 0 Å². The maximum absolute atomic E-state index is 12.6. The molecule has 0 aliphatic rings. The van der Waals surface area contributed by atoms with Crippen molar-refractivity contribution in [3.63, 3.8) is 0 Å². The molecule has 20 heavy (non-hydrogen) atoms. The van der Waals surface area contributed by atoms with E-state index in [0.29, 0.717) is 19.0 Å². The highest BCUT2D eigenvalue weighted by atomic mass is 35.5. The Morgan fingerprint density at radius 2 is 1.80 bits per heavy atom. The van der Waals surface area contributed by atoms with Gasteiger partial charge in [0.25, 0.3) is 0 Å². The third-order valence-corrected chi connectivity index (χ3v) is 3.98. The van der Waals surface area contributed by atoms with Gasteiger partial charge in [0.1, 0.15) is 0 Å². The van der Waals surface area contributed by atoms with Crippen LogP contribution in [0.3, 0.4) is 0 Å². The molecule has 1 atom stereocenters. The van der Waals surface area contributed by atoms with Gasteiger partial charge in [0.05, 0.1) is 5.41 Å². The number of nitrogens with two attached hydrogens (primary N) is 1. The second-order valence-corrected chi connectivity index (χ2v) is 5.21. The molecule has 1 rings (SSSR count). The molecule has 3 nitrogen and oxygen atoms in total. The molecule has 4 heteroatoms. The predicted octanol–water partition coefficient (Wildman–Crippen LogP) is 2.88. The van der Waals surface area contributed by atoms with Crippen LogP contribution >= 0.6 is 12.4 Å². The van der Waals surface area contributed by atoms with Crippen LogP contribution in [0.15, 0.2) is 30.3 Å². The topological polar surface area (TPSA) is 55.1 Å². The molecule has 1 aromatic rings. The van der Waals surface area contributed by atoms with Gasteiger partial charge in [-0.25, -0.2) is 0 Å². The summed E-state index contributed by atoms with van der Waals surface area (Å²) >= 11 is 0. The van der Waals surface area contributed by atoms with Crippen LogP contribution in [0.5, 0.6) is 0 Å². The fraction of sp³-hybridized carbons (Fsp3) is 0.562. The van der Waals surface area contributed by atoms with Crippen LogP contribution in [0.2, 0.25) is 0 Å². The minimum Gasteiger partial charge on any atom is -0.355 e. The van der Waals surface area contributed by atoms with Crippen molar-refractivity contribution in [2.24, 2.45) is 11.7 Å². The van der Waals surface area contributed by atoms with Crippen molar-refractivity contribution in [2.45, 2.75) is 39.0 Å². The third kappa shape index (κ3) is 4.22. The van der Waals surface area contributed by atoms with E-state index in [1.807, 2.05) is 37.3 Å². The van der Waals surface area contributed by atoms with Crippen LogP contribution in [0, 0.1) is 5.92 Å². The summed E-state index contributed by atoms with van der Waals surface area (Å²) in [6.07, 6.45) is 1.60. The Morgan fingerprint density at radius 3 is 2.25 bits per heavy atom. The molecule has 0 fully saturated rings. The zero-order valence-electron chi connectivity index (χ0n) is 12.7. The summed E-state index contributed by atoms with van der Waals surface area (Å²) in [5.74, 6) is 0.426. The van der Waals surface area contributed by atoms with Crippen molar-refractivity contribution in [1.29, 1.82) is 0 Å². The first-order chi connectivity index (χ1) is 9.10. The molecule has 0 bridgehead atoms. The number of carbonyl (C=O) groups is 1. The normalized spacial score (nSPS) is 12.4. The molecule has 0 saturated carbocycles. The molecule has 114 valence electrons. The molecular weight excluding hydrogens is 272 g/mol. The molecule has 1 amide bonds. The van der Waals surface area contributed by atoms with E-state index in [4.69, 9.17) is 5.73 Å². The zero-order chi connectivity index (χ0) is 14.3. The molecule has 0 saturated heterocycles. The molecule has 0 radical (unpaired) electrons. The van der Waals surface area contributed by atoms with Gasteiger partial charge in [0.2, 0.25) is 5.91 Å². The Kier molecular flexibility index (Phi) is 8.51. The Hall–Kier alpha value is -1.06. The van der Waals surface area contributed by atoms with E-state index in [1.165, 1.54) is 0 Å². The highest BCUT2D eigenvalue weighted by molar-refractivity contribution is 5.88. The van der Waals surface area contributed by atoms with Crippen molar-refractivity contribution in [2.75, 3.05) is 13.1 Å². The summed E-state index contributed by atoms with van der Waals surface area (Å²) in [6.45, 7) is 7.42. The monoisotopic (exact) mass is 298 g/mol. The van der Waals surface area contributed by atoms with E-state index < -0.39 is 5.41 Å². The minimum absolute atomic E-state index is 0. The Balaban J connectivity index is 0.00000361. The van der Waals surface area contributed by atoms with E-state index >= 15 is 0 Å². The number of amides is 1. The minimum atomic E-state index is -0.421. The fourth-order valence-corrected chi connectivity index (χ4v) is 2.39. The van der Waals surface area contributed by atoms with Gasteiger partial charge in [-0.2, -0.15) is 0 Å². The molecule has 3 N–H and O–H groups in total. The van der Waals surface area contributed by atoms with Crippen LogP contribution in [0.25, 0.3) is 0 Å². The molecule has 1 unspecified atom stereocenters. The standard InChI is InChI=1S/C16H26N2O.ClH/c1-4-16(5-2,14-9-7-6-8-10-14)15(19)18-12-13(3)11-17;/h6-10,13H,4-5,11-12,17H2,1-3H3,(H,18,19);1H. The number of benzene rings is 1. The van der Waals surface area contributed by atoms with Crippen LogP contribution < -0.4 is 11.1 Å². The number of hydrogen-bond donors (Lipinski definition) is 2. The molecule has 0 aliphatic heterocycles. The summed E-state index contributed by atoms with van der Waals surface area (Å²) in [7, 11) is 0. The SMILES string of the molecule is CCC(CC)(C(=O)NCC(C)CN)c1ccccc1.Cl. The van der Waals surface area contributed by atoms with Crippen molar-refractivity contribution in [3.8, 4) is 0 Å². The lowest BCUT2D eigenvalue weighted by Gasteiger charge is -2.31. The summed E-state index contributed by atoms with van der Waals surface area (Å²) < 4.78 is 0. The first-order valence-corrected chi connectivity index (χ1v) is 7.14. The number of carbonyl (C=O) groups excluding carboxylic acids is 1. The number of nitrogens with one attached hydrogen (secondary N) is 1. The van der Waals surface area contributed by atoms with Crippen molar-refractivity contribution >= 4 is 18.3 Å². The number of hydrogen-bond acceptors (Lipinski definition) is 2. The van der Waals surface area contributed by atoms with Gasteiger partial charge in [0.15, 0.2) is 0 Å². The third-order valence-electron chi connectivity index (χ3n) is 3.98. The second-order valence-electron chi connectivity index (χ2n) is 5.21. The summed E-state index contributed by atoms with van der Waals surface area (Å²) in [6, 6.07) is 10.0. The predicted molar refractivity (Wildman–Crippen MR) is 87.2 cm³/mol. The molecule has 0 heterocycles. The van der Waals surface area contributed by atoms with Crippen molar-refractivity contribution < 1.29 is 4.79 Å². The van der Waals surface area contributed by atoms with Gasteiger partial charge >= 0.3 is 0 Å². The summed E-state index contributed by atoms with van der Waals surface area (Å²) in [4.78, 5) is 12.6. The lowest BCUT2D eigenvalue weighted by Crippen LogP contribution is -2.45. The second kappa shape index (κ2) is 8.98. The van der Waals surface area contributed by atoms with E-state index in [9.17, 15) is 4.79 Å². The largest absolute Gasteiger partial charge is 0.355 e. The van der Waals surface area contributed by atoms with Crippen LogP contribution in [-0.2, 0) is 10.2 Å². The van der Waals surface area contributed by atoms with Crippen molar-refractivity contribution in [3.05, 3.63) is 35.9 Å². The number of halogens is 1. The molecule has 0 aliphatic carbocycles. The van der Waals surface area contributed by atoms with E-state index in [0.717, 1.165) is 18.4 Å². The average Bonchev–Trinajstić information content (AvgIpc) is 2.47. The Labute approximate surface area is 128 Å². The molecular formula is C16H27ClN2O. The zero-order valence-corrected chi connectivity index (χ0v) is 13.5. The Morgan fingerprint density at radius 1 is 1.25 bits per heavy atom. The quantitative estimate of drug-likeness (QED) is 0.813. The molecule has 0 aromatic heterocycles. The van der Waals surface area contributed by atoms with Gasteiger partial charge in [0, 0.05) is 6.54 Å². The van der Waals surface area contributed by atoms with Crippen LogP contribution in [-0.4, -0.2) is 19.0 Å². The lowest BCUT2D eigenvalue weighted by molar-refractivity contribution is -0.127. The first-order valence-electron chi connectivity index (χ1n) is 7.14. The molecule has 0 spiro atoms. The highest BCUT2D eigenvalue weighted by Crippen LogP contribution is 2.31. The van der Waals surface area contributed by atoms with E-state index in [2.05, 4.69) is 19.2 Å². The first kappa shape index (κ1) is 18.9. The van der Waals surface area contributed by atoms with Crippen LogP contribution in [0.4, 0.5) is 0 Å². The van der Waals surface area contributed by atoms with Gasteiger partial charge in [-0.3, -0.25) is 4.79 Å². The van der Waals surface area contributed by atoms with Gasteiger partial charge in [-0.15, -0.1) is 12.4 Å². The Bertz CT molecular complexity index is 391. The summed E-state index contributed by atoms with van der Waals surface area (Å²) in [5, 5.41) is 3.06. The van der Waals surface area contributed by atoms with Gasteiger partial charge < -0.3 is 11.1 Å². The lowest BCUT2D eigenvalue weighted by atomic mass is 9.75. The maximum Gasteiger partial charge on any atom is 0.230 e. The average molecular weight is 299 g/mol. The van der Waals surface area contributed by atoms with Gasteiger partial charge in [-0.1, -0.05) is 51.1 Å². The number of rotatable bonds is 7. The molecule has 1 aromatic carbocycles. The highest BCUT2D eigenvalue weighted by Gasteiger charge is 2.36. The van der Waals surface area contributed by atoms with E-state index in [-0.39, 0.29) is 18.3 Å². The van der Waals surface area contributed by atoms with Gasteiger partial charge in [-0.05, 0) is 30.9 Å². The smallest absolute Gasteiger partial charge is 0.230 e.